The van der Waals surface area contributed by atoms with Gasteiger partial charge in [-0.05, 0) is 32.0 Å². The number of oxime groups is 1. The van der Waals surface area contributed by atoms with E-state index in [1.807, 2.05) is 39.3 Å². The molecule has 0 radical (unpaired) electrons. The van der Waals surface area contributed by atoms with Gasteiger partial charge in [0.05, 0.1) is 5.56 Å². The predicted octanol–water partition coefficient (Wildman–Crippen LogP) is 1.89. The second-order valence-electron chi connectivity index (χ2n) is 4.79. The first-order valence-electron chi connectivity index (χ1n) is 6.60. The Labute approximate surface area is 125 Å². The van der Waals surface area contributed by atoms with Gasteiger partial charge in [0.2, 0.25) is 0 Å². The minimum absolute atomic E-state index is 0.160. The van der Waals surface area contributed by atoms with Crippen LogP contribution in [0.4, 0.5) is 5.69 Å². The molecular formula is C14H24N4OS. The summed E-state index contributed by atoms with van der Waals surface area (Å²) in [6, 6.07) is 6.02. The van der Waals surface area contributed by atoms with Gasteiger partial charge in [-0.2, -0.15) is 0 Å². The Morgan fingerprint density at radius 3 is 2.55 bits per heavy atom. The van der Waals surface area contributed by atoms with E-state index in [0.717, 1.165) is 35.0 Å². The van der Waals surface area contributed by atoms with E-state index in [4.69, 9.17) is 10.9 Å². The zero-order valence-corrected chi connectivity index (χ0v) is 13.4. The number of nitrogens with two attached hydrogens (primary N) is 1. The van der Waals surface area contributed by atoms with Crippen molar-refractivity contribution in [2.45, 2.75) is 11.8 Å². The zero-order valence-electron chi connectivity index (χ0n) is 12.6. The number of anilines is 1. The average molecular weight is 296 g/mol. The molecule has 0 saturated heterocycles. The maximum atomic E-state index is 9.03. The fourth-order valence-corrected chi connectivity index (χ4v) is 2.73. The molecular weight excluding hydrogens is 272 g/mol. The monoisotopic (exact) mass is 296 g/mol. The van der Waals surface area contributed by atoms with Gasteiger partial charge in [-0.3, -0.25) is 0 Å². The number of rotatable bonds is 7. The topological polar surface area (TPSA) is 65.1 Å². The van der Waals surface area contributed by atoms with Crippen LogP contribution in [0.1, 0.15) is 12.5 Å². The van der Waals surface area contributed by atoms with E-state index in [-0.39, 0.29) is 5.84 Å². The maximum absolute atomic E-state index is 9.03. The van der Waals surface area contributed by atoms with Gasteiger partial charge in [0, 0.05) is 30.7 Å². The Hall–Kier alpha value is -1.40. The van der Waals surface area contributed by atoms with Crippen LogP contribution in [0.15, 0.2) is 28.3 Å². The van der Waals surface area contributed by atoms with E-state index in [2.05, 4.69) is 21.9 Å². The molecule has 0 atom stereocenters. The molecule has 0 spiro atoms. The molecule has 1 rings (SSSR count). The van der Waals surface area contributed by atoms with Crippen LogP contribution < -0.4 is 10.6 Å². The summed E-state index contributed by atoms with van der Waals surface area (Å²) in [5.41, 5.74) is 7.66. The third kappa shape index (κ3) is 4.31. The van der Waals surface area contributed by atoms with Gasteiger partial charge in [0.1, 0.15) is 0 Å². The summed E-state index contributed by atoms with van der Waals surface area (Å²) >= 11 is 1.69. The molecule has 5 nitrogen and oxygen atoms in total. The van der Waals surface area contributed by atoms with Crippen molar-refractivity contribution < 1.29 is 5.21 Å². The smallest absolute Gasteiger partial charge is 0.173 e. The van der Waals surface area contributed by atoms with Crippen molar-refractivity contribution in [3.63, 3.8) is 0 Å². The molecule has 0 aliphatic carbocycles. The fourth-order valence-electron chi connectivity index (χ4n) is 1.89. The van der Waals surface area contributed by atoms with E-state index < -0.39 is 0 Å². The van der Waals surface area contributed by atoms with E-state index in [0.29, 0.717) is 0 Å². The number of nitrogens with zero attached hydrogens (tertiary/aromatic N) is 3. The van der Waals surface area contributed by atoms with Gasteiger partial charge in [0.15, 0.2) is 5.84 Å². The summed E-state index contributed by atoms with van der Waals surface area (Å²) in [6.07, 6.45) is 0. The van der Waals surface area contributed by atoms with Gasteiger partial charge < -0.3 is 20.7 Å². The summed E-state index contributed by atoms with van der Waals surface area (Å²) in [6.45, 7) is 3.90. The summed E-state index contributed by atoms with van der Waals surface area (Å²) in [4.78, 5) is 5.30. The van der Waals surface area contributed by atoms with Crippen LogP contribution in [0.2, 0.25) is 0 Å². The second kappa shape index (κ2) is 8.01. The van der Waals surface area contributed by atoms with Gasteiger partial charge in [-0.25, -0.2) is 0 Å². The van der Waals surface area contributed by atoms with Gasteiger partial charge >= 0.3 is 0 Å². The molecule has 0 unspecified atom stereocenters. The molecule has 20 heavy (non-hydrogen) atoms. The Morgan fingerprint density at radius 1 is 1.30 bits per heavy atom. The minimum atomic E-state index is 0.160. The van der Waals surface area contributed by atoms with Gasteiger partial charge in [0.25, 0.3) is 0 Å². The lowest BCUT2D eigenvalue weighted by atomic mass is 10.1. The van der Waals surface area contributed by atoms with Crippen LogP contribution in [-0.2, 0) is 0 Å². The predicted molar refractivity (Wildman–Crippen MR) is 87.2 cm³/mol. The second-order valence-corrected chi connectivity index (χ2v) is 6.10. The average Bonchev–Trinajstić information content (AvgIpc) is 2.44. The highest BCUT2D eigenvalue weighted by Crippen LogP contribution is 2.30. The lowest BCUT2D eigenvalue weighted by Gasteiger charge is -2.25. The molecule has 1 aromatic rings. The normalized spacial score (nSPS) is 11.9. The number of amidine groups is 1. The molecule has 0 heterocycles. The highest BCUT2D eigenvalue weighted by Gasteiger charge is 2.15. The zero-order chi connectivity index (χ0) is 15.1. The molecule has 112 valence electrons. The molecule has 0 saturated carbocycles. The number of benzene rings is 1. The van der Waals surface area contributed by atoms with Crippen molar-refractivity contribution in [1.29, 1.82) is 0 Å². The Balaban J connectivity index is 3.14. The number of thioether (sulfide) groups is 1. The molecule has 0 aliphatic heterocycles. The standard InChI is InChI=1S/C14H24N4OS/c1-5-20-12-8-6-7-11(13(12)14(15)16-19)18(4)10-9-17(2)3/h6-8,19H,5,9-10H2,1-4H3,(H2,15,16). The summed E-state index contributed by atoms with van der Waals surface area (Å²) < 4.78 is 0. The van der Waals surface area contributed by atoms with E-state index in [1.54, 1.807) is 11.8 Å². The van der Waals surface area contributed by atoms with Crippen LogP contribution in [0.25, 0.3) is 0 Å². The van der Waals surface area contributed by atoms with Gasteiger partial charge in [-0.15, -0.1) is 11.8 Å². The molecule has 0 fully saturated rings. The van der Waals surface area contributed by atoms with Crippen molar-refractivity contribution >= 4 is 23.3 Å². The summed E-state index contributed by atoms with van der Waals surface area (Å²) in [7, 11) is 6.11. The van der Waals surface area contributed by atoms with Crippen molar-refractivity contribution in [1.82, 2.24) is 4.90 Å². The summed E-state index contributed by atoms with van der Waals surface area (Å²) in [5, 5.41) is 12.2. The number of hydrogen-bond acceptors (Lipinski definition) is 5. The Bertz CT molecular complexity index is 462. The third-order valence-corrected chi connectivity index (χ3v) is 3.90. The van der Waals surface area contributed by atoms with Gasteiger partial charge in [-0.1, -0.05) is 18.1 Å². The quantitative estimate of drug-likeness (QED) is 0.264. The molecule has 3 N–H and O–H groups in total. The largest absolute Gasteiger partial charge is 0.409 e. The SMILES string of the molecule is CCSc1cccc(N(C)CCN(C)C)c1/C(N)=N/O. The third-order valence-electron chi connectivity index (χ3n) is 2.96. The van der Waals surface area contributed by atoms with E-state index in [1.165, 1.54) is 0 Å². The fraction of sp³-hybridized carbons (Fsp3) is 0.500. The van der Waals surface area contributed by atoms with Crippen LogP contribution in [-0.4, -0.2) is 55.9 Å². The lowest BCUT2D eigenvalue weighted by molar-refractivity contribution is 0.318. The first kappa shape index (κ1) is 16.7. The van der Waals surface area contributed by atoms with Crippen LogP contribution >= 0.6 is 11.8 Å². The van der Waals surface area contributed by atoms with Crippen LogP contribution in [0.3, 0.4) is 0 Å². The van der Waals surface area contributed by atoms with Crippen molar-refractivity contribution in [3.8, 4) is 0 Å². The lowest BCUT2D eigenvalue weighted by Crippen LogP contribution is -2.30. The van der Waals surface area contributed by atoms with E-state index in [9.17, 15) is 0 Å². The van der Waals surface area contributed by atoms with Crippen molar-refractivity contribution in [2.75, 3.05) is 44.9 Å². The van der Waals surface area contributed by atoms with Crippen LogP contribution in [0.5, 0.6) is 0 Å². The molecule has 0 amide bonds. The Morgan fingerprint density at radius 2 is 2.00 bits per heavy atom. The molecule has 0 aliphatic rings. The minimum Gasteiger partial charge on any atom is -0.409 e. The molecule has 1 aromatic carbocycles. The maximum Gasteiger partial charge on any atom is 0.173 e. The first-order valence-corrected chi connectivity index (χ1v) is 7.59. The number of hydrogen-bond donors (Lipinski definition) is 2. The highest BCUT2D eigenvalue weighted by molar-refractivity contribution is 7.99. The van der Waals surface area contributed by atoms with E-state index >= 15 is 0 Å². The Kier molecular flexibility index (Phi) is 6.67. The summed E-state index contributed by atoms with van der Waals surface area (Å²) in [5.74, 6) is 1.10. The first-order chi connectivity index (χ1) is 9.51. The molecule has 0 bridgehead atoms. The highest BCUT2D eigenvalue weighted by atomic mass is 32.2. The molecule has 0 aromatic heterocycles. The van der Waals surface area contributed by atoms with Crippen LogP contribution in [0, 0.1) is 0 Å². The number of likely N-dealkylation sites (N-methyl/N-ethyl adjacent to an activating group) is 2. The molecule has 6 heteroatoms. The van der Waals surface area contributed by atoms with Crippen molar-refractivity contribution in [2.24, 2.45) is 10.9 Å². The van der Waals surface area contributed by atoms with Crippen molar-refractivity contribution in [3.05, 3.63) is 23.8 Å².